The van der Waals surface area contributed by atoms with Crippen molar-refractivity contribution in [3.05, 3.63) is 53.1 Å². The van der Waals surface area contributed by atoms with Crippen LogP contribution in [0.3, 0.4) is 0 Å². The maximum Gasteiger partial charge on any atom is 0.235 e. The molecule has 1 aromatic carbocycles. The van der Waals surface area contributed by atoms with Gasteiger partial charge in [0.15, 0.2) is 0 Å². The Hall–Kier alpha value is -1.33. The second kappa shape index (κ2) is 6.56. The van der Waals surface area contributed by atoms with E-state index in [1.54, 1.807) is 12.3 Å². The lowest BCUT2D eigenvalue weighted by Gasteiger charge is -2.05. The highest BCUT2D eigenvalue weighted by Gasteiger charge is 2.06. The average molecular weight is 323 g/mol. The number of carbonyl (C=O) groups excluding carboxylic acids is 1. The Kier molecular flexibility index (Phi) is 4.78. The summed E-state index contributed by atoms with van der Waals surface area (Å²) < 4.78 is 0.781. The zero-order valence-corrected chi connectivity index (χ0v) is 11.9. The molecule has 0 saturated carbocycles. The molecule has 0 saturated heterocycles. The number of amides is 1. The van der Waals surface area contributed by atoms with Crippen LogP contribution in [-0.4, -0.2) is 16.6 Å². The first-order chi connectivity index (χ1) is 8.75. The summed E-state index contributed by atoms with van der Waals surface area (Å²) in [5.41, 5.74) is 0. The normalized spacial score (nSPS) is 10.1. The summed E-state index contributed by atoms with van der Waals surface area (Å²) in [6.45, 7) is 0. The van der Waals surface area contributed by atoms with Gasteiger partial charge in [-0.3, -0.25) is 4.79 Å². The molecule has 2 rings (SSSR count). The van der Waals surface area contributed by atoms with Gasteiger partial charge in [-0.25, -0.2) is 4.98 Å². The molecule has 0 fully saturated rings. The van der Waals surface area contributed by atoms with Crippen LogP contribution in [0, 0.1) is 0 Å². The Morgan fingerprint density at radius 1 is 1.22 bits per heavy atom. The molecule has 0 bridgehead atoms. The molecule has 0 atom stereocenters. The molecule has 0 aliphatic rings. The third kappa shape index (κ3) is 3.85. The number of benzene rings is 1. The van der Waals surface area contributed by atoms with Crippen LogP contribution in [0.4, 0.5) is 5.82 Å². The number of carbonyl (C=O) groups is 1. The van der Waals surface area contributed by atoms with Crippen LogP contribution in [0.2, 0.25) is 0 Å². The summed E-state index contributed by atoms with van der Waals surface area (Å²) in [5, 5.41) is 2.76. The number of nitrogens with one attached hydrogen (secondary N) is 1. The number of rotatable bonds is 4. The van der Waals surface area contributed by atoms with E-state index in [2.05, 4.69) is 26.2 Å². The molecule has 0 aliphatic heterocycles. The molecule has 5 heteroatoms. The zero-order chi connectivity index (χ0) is 12.8. The SMILES string of the molecule is O=C(CSc1ccccc1)Nc1ncccc1Br. The van der Waals surface area contributed by atoms with Crippen LogP contribution < -0.4 is 5.32 Å². The molecular weight excluding hydrogens is 312 g/mol. The first-order valence-corrected chi connectivity index (χ1v) is 7.12. The molecule has 92 valence electrons. The molecule has 1 heterocycles. The summed E-state index contributed by atoms with van der Waals surface area (Å²) >= 11 is 4.84. The highest BCUT2D eigenvalue weighted by Crippen LogP contribution is 2.20. The lowest BCUT2D eigenvalue weighted by Crippen LogP contribution is -2.15. The molecule has 2 aromatic rings. The maximum absolute atomic E-state index is 11.7. The van der Waals surface area contributed by atoms with Gasteiger partial charge in [0, 0.05) is 11.1 Å². The minimum atomic E-state index is -0.0664. The zero-order valence-electron chi connectivity index (χ0n) is 9.47. The Labute approximate surface area is 118 Å². The van der Waals surface area contributed by atoms with E-state index in [1.165, 1.54) is 11.8 Å². The monoisotopic (exact) mass is 322 g/mol. The van der Waals surface area contributed by atoms with Gasteiger partial charge >= 0.3 is 0 Å². The van der Waals surface area contributed by atoms with Gasteiger partial charge in [-0.05, 0) is 40.2 Å². The number of nitrogens with zero attached hydrogens (tertiary/aromatic N) is 1. The first kappa shape index (κ1) is 13.1. The van der Waals surface area contributed by atoms with Crippen LogP contribution in [0.25, 0.3) is 0 Å². The standard InChI is InChI=1S/C13H11BrN2OS/c14-11-7-4-8-15-13(11)16-12(17)9-18-10-5-2-1-3-6-10/h1-8H,9H2,(H,15,16,17). The van der Waals surface area contributed by atoms with Crippen LogP contribution in [0.15, 0.2) is 58.0 Å². The molecule has 1 aromatic heterocycles. The van der Waals surface area contributed by atoms with Crippen LogP contribution in [-0.2, 0) is 4.79 Å². The number of pyridine rings is 1. The second-order valence-corrected chi connectivity index (χ2v) is 5.39. The summed E-state index contributed by atoms with van der Waals surface area (Å²) in [6.07, 6.45) is 1.64. The number of anilines is 1. The van der Waals surface area contributed by atoms with Gasteiger partial charge in [0.25, 0.3) is 0 Å². The summed E-state index contributed by atoms with van der Waals surface area (Å²) in [5.74, 6) is 0.854. The lowest BCUT2D eigenvalue weighted by molar-refractivity contribution is -0.113. The Morgan fingerprint density at radius 2 is 2.00 bits per heavy atom. The third-order valence-corrected chi connectivity index (χ3v) is 3.78. The van der Waals surface area contributed by atoms with Gasteiger partial charge in [-0.15, -0.1) is 11.8 Å². The molecular formula is C13H11BrN2OS. The van der Waals surface area contributed by atoms with Crippen molar-refractivity contribution in [2.24, 2.45) is 0 Å². The fourth-order valence-corrected chi connectivity index (χ4v) is 2.39. The van der Waals surface area contributed by atoms with Gasteiger partial charge in [0.1, 0.15) is 5.82 Å². The van der Waals surface area contributed by atoms with Crippen molar-refractivity contribution in [3.8, 4) is 0 Å². The van der Waals surface area contributed by atoms with Crippen molar-refractivity contribution < 1.29 is 4.79 Å². The van der Waals surface area contributed by atoms with Crippen LogP contribution >= 0.6 is 27.7 Å². The largest absolute Gasteiger partial charge is 0.309 e. The van der Waals surface area contributed by atoms with Gasteiger partial charge in [0.2, 0.25) is 5.91 Å². The molecule has 0 aliphatic carbocycles. The van der Waals surface area contributed by atoms with Gasteiger partial charge in [-0.1, -0.05) is 18.2 Å². The van der Waals surface area contributed by atoms with E-state index in [9.17, 15) is 4.79 Å². The van der Waals surface area contributed by atoms with Crippen molar-refractivity contribution in [3.63, 3.8) is 0 Å². The van der Waals surface area contributed by atoms with Crippen molar-refractivity contribution >= 4 is 39.4 Å². The molecule has 3 nitrogen and oxygen atoms in total. The molecule has 0 spiro atoms. The van der Waals surface area contributed by atoms with Crippen molar-refractivity contribution in [1.82, 2.24) is 4.98 Å². The third-order valence-electron chi connectivity index (χ3n) is 2.13. The number of halogens is 1. The smallest absolute Gasteiger partial charge is 0.235 e. The summed E-state index contributed by atoms with van der Waals surface area (Å²) in [4.78, 5) is 16.9. The molecule has 0 radical (unpaired) electrons. The van der Waals surface area contributed by atoms with Crippen molar-refractivity contribution in [1.29, 1.82) is 0 Å². The van der Waals surface area contributed by atoms with Crippen molar-refractivity contribution in [2.75, 3.05) is 11.1 Å². The van der Waals surface area contributed by atoms with Crippen LogP contribution in [0.1, 0.15) is 0 Å². The second-order valence-electron chi connectivity index (χ2n) is 3.48. The van der Waals surface area contributed by atoms with Gasteiger partial charge in [-0.2, -0.15) is 0 Å². The predicted molar refractivity (Wildman–Crippen MR) is 77.7 cm³/mol. The number of hydrogen-bond donors (Lipinski definition) is 1. The first-order valence-electron chi connectivity index (χ1n) is 5.34. The Morgan fingerprint density at radius 3 is 2.72 bits per heavy atom. The fourth-order valence-electron chi connectivity index (χ4n) is 1.31. The topological polar surface area (TPSA) is 42.0 Å². The highest BCUT2D eigenvalue weighted by atomic mass is 79.9. The van der Waals surface area contributed by atoms with Crippen LogP contribution in [0.5, 0.6) is 0 Å². The summed E-state index contributed by atoms with van der Waals surface area (Å²) in [6, 6.07) is 13.5. The lowest BCUT2D eigenvalue weighted by atomic mass is 10.4. The van der Waals surface area contributed by atoms with E-state index in [1.807, 2.05) is 36.4 Å². The van der Waals surface area contributed by atoms with Gasteiger partial charge in [0.05, 0.1) is 10.2 Å². The quantitative estimate of drug-likeness (QED) is 0.875. The Balaban J connectivity index is 1.88. The van der Waals surface area contributed by atoms with E-state index in [-0.39, 0.29) is 5.91 Å². The number of thioether (sulfide) groups is 1. The van der Waals surface area contributed by atoms with E-state index in [4.69, 9.17) is 0 Å². The van der Waals surface area contributed by atoms with Gasteiger partial charge < -0.3 is 5.32 Å². The highest BCUT2D eigenvalue weighted by molar-refractivity contribution is 9.10. The van der Waals surface area contributed by atoms with E-state index in [0.717, 1.165) is 9.37 Å². The maximum atomic E-state index is 11.7. The fraction of sp³-hybridized carbons (Fsp3) is 0.0769. The Bertz CT molecular complexity index is 534. The minimum Gasteiger partial charge on any atom is -0.309 e. The number of aromatic nitrogens is 1. The predicted octanol–water partition coefficient (Wildman–Crippen LogP) is 3.57. The average Bonchev–Trinajstić information content (AvgIpc) is 2.40. The molecule has 1 N–H and O–H groups in total. The molecule has 18 heavy (non-hydrogen) atoms. The minimum absolute atomic E-state index is 0.0664. The van der Waals surface area contributed by atoms with E-state index >= 15 is 0 Å². The molecule has 1 amide bonds. The number of hydrogen-bond acceptors (Lipinski definition) is 3. The van der Waals surface area contributed by atoms with Crippen molar-refractivity contribution in [2.45, 2.75) is 4.90 Å². The summed E-state index contributed by atoms with van der Waals surface area (Å²) in [7, 11) is 0. The van der Waals surface area contributed by atoms with E-state index < -0.39 is 0 Å². The molecule has 0 unspecified atom stereocenters. The van der Waals surface area contributed by atoms with E-state index in [0.29, 0.717) is 11.6 Å².